The number of amides is 1. The number of aromatic hydroxyl groups is 1. The van der Waals surface area contributed by atoms with E-state index in [1.54, 1.807) is 42.7 Å². The Labute approximate surface area is 114 Å². The van der Waals surface area contributed by atoms with E-state index in [-0.39, 0.29) is 11.7 Å². The van der Waals surface area contributed by atoms with Crippen molar-refractivity contribution in [1.29, 1.82) is 0 Å². The number of anilines is 1. The molecule has 0 saturated heterocycles. The van der Waals surface area contributed by atoms with E-state index in [9.17, 15) is 9.90 Å². The van der Waals surface area contributed by atoms with Gasteiger partial charge in [-0.3, -0.25) is 14.8 Å². The Bertz CT molecular complexity index is 769. The van der Waals surface area contributed by atoms with Gasteiger partial charge in [-0.1, -0.05) is 0 Å². The maximum absolute atomic E-state index is 12.0. The molecule has 3 rings (SSSR count). The second-order valence-corrected chi connectivity index (χ2v) is 4.26. The number of phenols is 1. The molecule has 5 nitrogen and oxygen atoms in total. The SMILES string of the molecule is O=C(Nc1ccc2nccnc2c1)c1ccc(O)cc1. The number of nitrogens with zero attached hydrogens (tertiary/aromatic N) is 2. The Morgan fingerprint density at radius 3 is 2.40 bits per heavy atom. The van der Waals surface area contributed by atoms with Gasteiger partial charge in [-0.25, -0.2) is 0 Å². The zero-order valence-corrected chi connectivity index (χ0v) is 10.4. The second kappa shape index (κ2) is 4.97. The van der Waals surface area contributed by atoms with Gasteiger partial charge in [-0.05, 0) is 42.5 Å². The van der Waals surface area contributed by atoms with Crippen molar-refractivity contribution < 1.29 is 9.90 Å². The lowest BCUT2D eigenvalue weighted by molar-refractivity contribution is 0.102. The number of carbonyl (C=O) groups is 1. The lowest BCUT2D eigenvalue weighted by atomic mass is 10.2. The minimum absolute atomic E-state index is 0.127. The van der Waals surface area contributed by atoms with Crippen LogP contribution in [-0.4, -0.2) is 21.0 Å². The number of nitrogens with one attached hydrogen (secondary N) is 1. The highest BCUT2D eigenvalue weighted by molar-refractivity contribution is 6.04. The van der Waals surface area contributed by atoms with Crippen LogP contribution in [0, 0.1) is 0 Å². The number of aromatic nitrogens is 2. The molecule has 1 heterocycles. The van der Waals surface area contributed by atoms with Crippen molar-refractivity contribution in [2.24, 2.45) is 0 Å². The Balaban J connectivity index is 1.85. The fraction of sp³-hybridized carbons (Fsp3) is 0. The molecule has 0 aliphatic heterocycles. The van der Waals surface area contributed by atoms with Crippen LogP contribution >= 0.6 is 0 Å². The molecule has 2 N–H and O–H groups in total. The monoisotopic (exact) mass is 265 g/mol. The lowest BCUT2D eigenvalue weighted by Crippen LogP contribution is -2.11. The summed E-state index contributed by atoms with van der Waals surface area (Å²) in [7, 11) is 0. The zero-order chi connectivity index (χ0) is 13.9. The number of carbonyl (C=O) groups excluding carboxylic acids is 1. The smallest absolute Gasteiger partial charge is 0.255 e. The van der Waals surface area contributed by atoms with E-state index in [2.05, 4.69) is 15.3 Å². The summed E-state index contributed by atoms with van der Waals surface area (Å²) in [5.41, 5.74) is 2.62. The predicted molar refractivity (Wildman–Crippen MR) is 75.6 cm³/mol. The van der Waals surface area contributed by atoms with Crippen LogP contribution in [0.1, 0.15) is 10.4 Å². The van der Waals surface area contributed by atoms with Crippen LogP contribution in [0.5, 0.6) is 5.75 Å². The third-order valence-corrected chi connectivity index (χ3v) is 2.86. The number of hydrogen-bond acceptors (Lipinski definition) is 4. The van der Waals surface area contributed by atoms with Gasteiger partial charge in [-0.15, -0.1) is 0 Å². The Morgan fingerprint density at radius 1 is 0.950 bits per heavy atom. The number of phenolic OH excluding ortho intramolecular Hbond substituents is 1. The minimum Gasteiger partial charge on any atom is -0.508 e. The highest BCUT2D eigenvalue weighted by Crippen LogP contribution is 2.16. The summed E-state index contributed by atoms with van der Waals surface area (Å²) in [6.45, 7) is 0. The molecule has 3 aromatic rings. The molecule has 0 fully saturated rings. The van der Waals surface area contributed by atoms with Gasteiger partial charge >= 0.3 is 0 Å². The van der Waals surface area contributed by atoms with Crippen molar-refractivity contribution in [1.82, 2.24) is 9.97 Å². The fourth-order valence-electron chi connectivity index (χ4n) is 1.86. The fourth-order valence-corrected chi connectivity index (χ4v) is 1.86. The van der Waals surface area contributed by atoms with E-state index in [4.69, 9.17) is 0 Å². The molecule has 98 valence electrons. The van der Waals surface area contributed by atoms with Gasteiger partial charge in [0.05, 0.1) is 11.0 Å². The van der Waals surface area contributed by atoms with E-state index in [1.165, 1.54) is 12.1 Å². The molecule has 0 aliphatic rings. The number of rotatable bonds is 2. The second-order valence-electron chi connectivity index (χ2n) is 4.26. The van der Waals surface area contributed by atoms with Gasteiger partial charge < -0.3 is 10.4 Å². The van der Waals surface area contributed by atoms with Gasteiger partial charge in [0, 0.05) is 23.6 Å². The third kappa shape index (κ3) is 2.42. The average Bonchev–Trinajstić information content (AvgIpc) is 2.48. The van der Waals surface area contributed by atoms with E-state index < -0.39 is 0 Å². The summed E-state index contributed by atoms with van der Waals surface area (Å²) in [6.07, 6.45) is 3.23. The van der Waals surface area contributed by atoms with Crippen LogP contribution in [0.4, 0.5) is 5.69 Å². The van der Waals surface area contributed by atoms with Gasteiger partial charge in [0.2, 0.25) is 0 Å². The molecule has 1 aromatic heterocycles. The Kier molecular flexibility index (Phi) is 3.01. The molecular formula is C15H11N3O2. The minimum atomic E-state index is -0.242. The molecule has 20 heavy (non-hydrogen) atoms. The molecule has 0 spiro atoms. The molecule has 0 aliphatic carbocycles. The highest BCUT2D eigenvalue weighted by atomic mass is 16.3. The molecule has 0 atom stereocenters. The molecule has 0 saturated carbocycles. The summed E-state index contributed by atoms with van der Waals surface area (Å²) in [5.74, 6) is -0.115. The third-order valence-electron chi connectivity index (χ3n) is 2.86. The van der Waals surface area contributed by atoms with Gasteiger partial charge in [0.25, 0.3) is 5.91 Å². The quantitative estimate of drug-likeness (QED) is 0.746. The molecular weight excluding hydrogens is 254 g/mol. The summed E-state index contributed by atoms with van der Waals surface area (Å²) in [6, 6.07) is 11.4. The normalized spacial score (nSPS) is 10.4. The molecule has 0 bridgehead atoms. The first-order chi connectivity index (χ1) is 9.72. The highest BCUT2D eigenvalue weighted by Gasteiger charge is 2.06. The van der Waals surface area contributed by atoms with Crippen molar-refractivity contribution >= 4 is 22.6 Å². The van der Waals surface area contributed by atoms with Crippen molar-refractivity contribution in [3.05, 3.63) is 60.4 Å². The predicted octanol–water partition coefficient (Wildman–Crippen LogP) is 2.59. The standard InChI is InChI=1S/C15H11N3O2/c19-12-4-1-10(2-5-12)15(20)18-11-3-6-13-14(9-11)17-8-7-16-13/h1-9,19H,(H,18,20). The van der Waals surface area contributed by atoms with Gasteiger partial charge in [0.15, 0.2) is 0 Å². The van der Waals surface area contributed by atoms with Crippen LogP contribution in [0.15, 0.2) is 54.9 Å². The molecule has 0 unspecified atom stereocenters. The number of benzene rings is 2. The molecule has 1 amide bonds. The lowest BCUT2D eigenvalue weighted by Gasteiger charge is -2.06. The summed E-state index contributed by atoms with van der Waals surface area (Å²) >= 11 is 0. The van der Waals surface area contributed by atoms with Gasteiger partial charge in [0.1, 0.15) is 5.75 Å². The van der Waals surface area contributed by atoms with Crippen LogP contribution in [0.3, 0.4) is 0 Å². The molecule has 2 aromatic carbocycles. The maximum atomic E-state index is 12.0. The van der Waals surface area contributed by atoms with E-state index >= 15 is 0 Å². The summed E-state index contributed by atoms with van der Waals surface area (Å²) in [5, 5.41) is 12.0. The van der Waals surface area contributed by atoms with Crippen LogP contribution in [-0.2, 0) is 0 Å². The topological polar surface area (TPSA) is 75.1 Å². The van der Waals surface area contributed by atoms with Crippen LogP contribution in [0.25, 0.3) is 11.0 Å². The first kappa shape index (κ1) is 12.1. The van der Waals surface area contributed by atoms with E-state index in [0.29, 0.717) is 11.3 Å². The summed E-state index contributed by atoms with van der Waals surface area (Å²) < 4.78 is 0. The first-order valence-corrected chi connectivity index (χ1v) is 6.03. The molecule has 5 heteroatoms. The first-order valence-electron chi connectivity index (χ1n) is 6.03. The molecule has 0 radical (unpaired) electrons. The number of fused-ring (bicyclic) bond motifs is 1. The van der Waals surface area contributed by atoms with Crippen molar-refractivity contribution in [3.63, 3.8) is 0 Å². The Hall–Kier alpha value is -2.95. The van der Waals surface area contributed by atoms with E-state index in [1.807, 2.05) is 0 Å². The van der Waals surface area contributed by atoms with Crippen molar-refractivity contribution in [2.45, 2.75) is 0 Å². The largest absolute Gasteiger partial charge is 0.508 e. The number of hydrogen-bond donors (Lipinski definition) is 2. The van der Waals surface area contributed by atoms with Crippen LogP contribution < -0.4 is 5.32 Å². The zero-order valence-electron chi connectivity index (χ0n) is 10.4. The average molecular weight is 265 g/mol. The van der Waals surface area contributed by atoms with E-state index in [0.717, 1.165) is 11.0 Å². The maximum Gasteiger partial charge on any atom is 0.255 e. The van der Waals surface area contributed by atoms with Crippen molar-refractivity contribution in [2.75, 3.05) is 5.32 Å². The van der Waals surface area contributed by atoms with Crippen molar-refractivity contribution in [3.8, 4) is 5.75 Å². The Morgan fingerprint density at radius 2 is 1.65 bits per heavy atom. The summed E-state index contributed by atoms with van der Waals surface area (Å²) in [4.78, 5) is 20.4. The van der Waals surface area contributed by atoms with Gasteiger partial charge in [-0.2, -0.15) is 0 Å². The van der Waals surface area contributed by atoms with Crippen LogP contribution in [0.2, 0.25) is 0 Å².